The number of rotatable bonds is 3. The van der Waals surface area contributed by atoms with Gasteiger partial charge in [0.05, 0.1) is 28.7 Å². The molecule has 0 spiro atoms. The van der Waals surface area contributed by atoms with Crippen LogP contribution in [0.5, 0.6) is 0 Å². The van der Waals surface area contributed by atoms with Gasteiger partial charge in [-0.3, -0.25) is 0 Å². The van der Waals surface area contributed by atoms with Crippen LogP contribution in [0.1, 0.15) is 5.56 Å². The van der Waals surface area contributed by atoms with Crippen LogP contribution in [-0.2, 0) is 7.05 Å². The Bertz CT molecular complexity index is 1220. The molecule has 0 saturated carbocycles. The minimum absolute atomic E-state index is 0.840. The number of nitrogens with zero attached hydrogens (tertiary/aromatic N) is 2. The second-order valence-corrected chi connectivity index (χ2v) is 6.80. The monoisotopic (exact) mass is 353 g/mol. The zero-order valence-electron chi connectivity index (χ0n) is 15.2. The van der Waals surface area contributed by atoms with E-state index in [4.69, 9.17) is 9.40 Å². The second kappa shape index (κ2) is 6.02. The van der Waals surface area contributed by atoms with Gasteiger partial charge in [-0.1, -0.05) is 42.0 Å². The predicted molar refractivity (Wildman–Crippen MR) is 108 cm³/mol. The number of para-hydroxylation sites is 2. The Morgan fingerprint density at radius 2 is 1.78 bits per heavy atom. The van der Waals surface area contributed by atoms with E-state index in [1.165, 1.54) is 5.56 Å². The first-order valence-corrected chi connectivity index (χ1v) is 8.96. The first kappa shape index (κ1) is 15.7. The molecule has 4 heteroatoms. The summed E-state index contributed by atoms with van der Waals surface area (Å²) in [5, 5.41) is 0. The Hall–Kier alpha value is -3.53. The van der Waals surface area contributed by atoms with E-state index in [1.807, 2.05) is 37.4 Å². The van der Waals surface area contributed by atoms with Crippen LogP contribution in [0.2, 0.25) is 0 Å². The van der Waals surface area contributed by atoms with Crippen LogP contribution in [0, 0.1) is 6.92 Å². The maximum atomic E-state index is 5.70. The van der Waals surface area contributed by atoms with Crippen LogP contribution in [0.15, 0.2) is 77.4 Å². The van der Waals surface area contributed by atoms with E-state index in [2.05, 4.69) is 52.9 Å². The summed E-state index contributed by atoms with van der Waals surface area (Å²) in [6.07, 6.45) is 1.70. The average Bonchev–Trinajstić information content (AvgIpc) is 3.41. The smallest absolute Gasteiger partial charge is 0.157 e. The highest BCUT2D eigenvalue weighted by Crippen LogP contribution is 2.36. The fourth-order valence-electron chi connectivity index (χ4n) is 3.54. The molecule has 3 aromatic heterocycles. The summed E-state index contributed by atoms with van der Waals surface area (Å²) in [6.45, 7) is 2.09. The fraction of sp³-hybridized carbons (Fsp3) is 0.0870. The van der Waals surface area contributed by atoms with Gasteiger partial charge in [-0.15, -0.1) is 0 Å². The molecular weight excluding hydrogens is 334 g/mol. The van der Waals surface area contributed by atoms with E-state index in [0.29, 0.717) is 0 Å². The molecule has 0 amide bonds. The lowest BCUT2D eigenvalue weighted by Crippen LogP contribution is -1.92. The molecule has 4 nitrogen and oxygen atoms in total. The van der Waals surface area contributed by atoms with Crippen LogP contribution in [0.3, 0.4) is 0 Å². The van der Waals surface area contributed by atoms with Crippen molar-refractivity contribution in [2.75, 3.05) is 0 Å². The number of H-pyrrole nitrogens is 1. The quantitative estimate of drug-likeness (QED) is 0.445. The van der Waals surface area contributed by atoms with Crippen molar-refractivity contribution in [3.63, 3.8) is 0 Å². The summed E-state index contributed by atoms with van der Waals surface area (Å²) in [5.74, 6) is 1.74. The fourth-order valence-corrected chi connectivity index (χ4v) is 3.54. The zero-order chi connectivity index (χ0) is 18.4. The number of benzene rings is 2. The number of aromatic amines is 1. The number of furan rings is 1. The Kier molecular flexibility index (Phi) is 3.50. The second-order valence-electron chi connectivity index (χ2n) is 6.80. The van der Waals surface area contributed by atoms with Gasteiger partial charge >= 0.3 is 0 Å². The van der Waals surface area contributed by atoms with Gasteiger partial charge in [-0.25, -0.2) is 4.98 Å². The number of aromatic nitrogens is 3. The zero-order valence-corrected chi connectivity index (χ0v) is 15.2. The number of imidazole rings is 1. The normalized spacial score (nSPS) is 11.3. The summed E-state index contributed by atoms with van der Waals surface area (Å²) < 4.78 is 7.81. The van der Waals surface area contributed by atoms with Gasteiger partial charge in [0, 0.05) is 12.6 Å². The van der Waals surface area contributed by atoms with Gasteiger partial charge < -0.3 is 14.0 Å². The van der Waals surface area contributed by atoms with Crippen molar-refractivity contribution >= 4 is 11.0 Å². The van der Waals surface area contributed by atoms with Crippen molar-refractivity contribution in [1.82, 2.24) is 14.5 Å². The lowest BCUT2D eigenvalue weighted by atomic mass is 10.1. The molecule has 0 atom stereocenters. The Balaban J connectivity index is 1.73. The van der Waals surface area contributed by atoms with Crippen LogP contribution >= 0.6 is 0 Å². The molecule has 3 heterocycles. The molecule has 2 aromatic carbocycles. The molecule has 1 N–H and O–H groups in total. The van der Waals surface area contributed by atoms with Gasteiger partial charge in [0.2, 0.25) is 0 Å². The maximum Gasteiger partial charge on any atom is 0.157 e. The molecule has 0 radical (unpaired) electrons. The molecule has 0 aliphatic rings. The van der Waals surface area contributed by atoms with Crippen molar-refractivity contribution in [1.29, 1.82) is 0 Å². The first-order valence-electron chi connectivity index (χ1n) is 8.96. The maximum absolute atomic E-state index is 5.70. The van der Waals surface area contributed by atoms with E-state index >= 15 is 0 Å². The largest absolute Gasteiger partial charge is 0.464 e. The third-order valence-corrected chi connectivity index (χ3v) is 4.97. The molecule has 0 aliphatic heterocycles. The predicted octanol–water partition coefficient (Wildman–Crippen LogP) is 5.80. The number of fused-ring (bicyclic) bond motifs is 1. The molecule has 0 saturated heterocycles. The van der Waals surface area contributed by atoms with E-state index in [9.17, 15) is 0 Å². The molecule has 0 fully saturated rings. The van der Waals surface area contributed by atoms with Crippen molar-refractivity contribution in [3.8, 4) is 34.1 Å². The highest BCUT2D eigenvalue weighted by Gasteiger charge is 2.18. The highest BCUT2D eigenvalue weighted by molar-refractivity contribution is 5.85. The third kappa shape index (κ3) is 2.57. The van der Waals surface area contributed by atoms with Gasteiger partial charge in [-0.05, 0) is 42.8 Å². The number of hydrogen-bond acceptors (Lipinski definition) is 2. The lowest BCUT2D eigenvalue weighted by Gasteiger charge is -2.03. The van der Waals surface area contributed by atoms with Crippen LogP contribution < -0.4 is 0 Å². The molecule has 0 aliphatic carbocycles. The van der Waals surface area contributed by atoms with E-state index in [-0.39, 0.29) is 0 Å². The minimum Gasteiger partial charge on any atom is -0.464 e. The van der Waals surface area contributed by atoms with Crippen LogP contribution in [0.4, 0.5) is 0 Å². The third-order valence-electron chi connectivity index (χ3n) is 4.97. The summed E-state index contributed by atoms with van der Waals surface area (Å²) >= 11 is 0. The van der Waals surface area contributed by atoms with Crippen LogP contribution in [-0.4, -0.2) is 14.5 Å². The molecule has 0 unspecified atom stereocenters. The summed E-state index contributed by atoms with van der Waals surface area (Å²) in [7, 11) is 2.05. The molecule has 27 heavy (non-hydrogen) atoms. The summed E-state index contributed by atoms with van der Waals surface area (Å²) in [4.78, 5) is 8.41. The van der Waals surface area contributed by atoms with Gasteiger partial charge in [-0.2, -0.15) is 0 Å². The van der Waals surface area contributed by atoms with E-state index < -0.39 is 0 Å². The standard InChI is InChI=1S/C23H19N3O/c1-15-9-11-16(12-10-15)22-17(21-8-5-13-27-21)14-19(24-22)23-25-18-6-3-4-7-20(18)26(23)2/h3-14,24H,1-2H3. The number of aryl methyl sites for hydroxylation is 2. The van der Waals surface area contributed by atoms with Crippen molar-refractivity contribution < 1.29 is 4.42 Å². The Morgan fingerprint density at radius 3 is 2.52 bits per heavy atom. The van der Waals surface area contributed by atoms with Gasteiger partial charge in [0.15, 0.2) is 5.82 Å². The lowest BCUT2D eigenvalue weighted by molar-refractivity contribution is 0.582. The average molecular weight is 353 g/mol. The van der Waals surface area contributed by atoms with Gasteiger partial charge in [0.25, 0.3) is 0 Å². The van der Waals surface area contributed by atoms with Gasteiger partial charge in [0.1, 0.15) is 5.76 Å². The first-order chi connectivity index (χ1) is 13.2. The molecule has 0 bridgehead atoms. The topological polar surface area (TPSA) is 46.8 Å². The van der Waals surface area contributed by atoms with E-state index in [1.54, 1.807) is 6.26 Å². The number of nitrogens with one attached hydrogen (secondary N) is 1. The minimum atomic E-state index is 0.840. The number of hydrogen-bond donors (Lipinski definition) is 1. The molecule has 5 aromatic rings. The molecular formula is C23H19N3O. The van der Waals surface area contributed by atoms with Crippen molar-refractivity contribution in [2.45, 2.75) is 6.92 Å². The SMILES string of the molecule is Cc1ccc(-c2[nH]c(-c3nc4ccccc4n3C)cc2-c2ccco2)cc1. The Labute approximate surface area is 157 Å². The molecule has 5 rings (SSSR count). The van der Waals surface area contributed by atoms with E-state index in [0.717, 1.165) is 45.1 Å². The summed E-state index contributed by atoms with van der Waals surface area (Å²) in [5.41, 5.74) is 7.49. The molecule has 132 valence electrons. The van der Waals surface area contributed by atoms with Crippen molar-refractivity contribution in [2.24, 2.45) is 7.05 Å². The summed E-state index contributed by atoms with van der Waals surface area (Å²) in [6, 6.07) is 22.7. The van der Waals surface area contributed by atoms with Crippen LogP contribution in [0.25, 0.3) is 45.1 Å². The highest BCUT2D eigenvalue weighted by atomic mass is 16.3. The Morgan fingerprint density at radius 1 is 0.963 bits per heavy atom. The van der Waals surface area contributed by atoms with Crippen molar-refractivity contribution in [3.05, 3.63) is 78.6 Å².